The lowest BCUT2D eigenvalue weighted by molar-refractivity contribution is -0.115. The topological polar surface area (TPSA) is 97.5 Å². The van der Waals surface area contributed by atoms with E-state index in [1.807, 2.05) is 0 Å². The number of primary amides is 1. The van der Waals surface area contributed by atoms with Gasteiger partial charge in [0.05, 0.1) is 6.26 Å². The van der Waals surface area contributed by atoms with Gasteiger partial charge in [-0.05, 0) is 30.4 Å². The SMILES string of the molecule is CC(N)=O.CS(=O)(=O)O.c1ccc2c(c1)CCC2. The maximum absolute atomic E-state index is 9.22. The molecule has 0 aromatic heterocycles. The fourth-order valence-electron chi connectivity index (χ4n) is 1.51. The van der Waals surface area contributed by atoms with Crippen molar-refractivity contribution in [2.45, 2.75) is 26.2 Å². The van der Waals surface area contributed by atoms with Crippen LogP contribution < -0.4 is 5.73 Å². The summed E-state index contributed by atoms with van der Waals surface area (Å²) in [5, 5.41) is 0. The molecular weight excluding hydrogens is 254 g/mol. The Morgan fingerprint density at radius 1 is 1.22 bits per heavy atom. The summed E-state index contributed by atoms with van der Waals surface area (Å²) in [6.07, 6.45) is 4.68. The Hall–Kier alpha value is -1.40. The summed E-state index contributed by atoms with van der Waals surface area (Å²) in [6.45, 7) is 1.31. The van der Waals surface area contributed by atoms with Crippen molar-refractivity contribution in [3.63, 3.8) is 0 Å². The number of fused-ring (bicyclic) bond motifs is 1. The second-order valence-electron chi connectivity index (χ2n) is 3.97. The predicted octanol–water partition coefficient (Wildman–Crippen LogP) is 1.17. The van der Waals surface area contributed by atoms with E-state index in [2.05, 4.69) is 30.0 Å². The van der Waals surface area contributed by atoms with Gasteiger partial charge in [-0.1, -0.05) is 24.3 Å². The molecule has 0 bridgehead atoms. The van der Waals surface area contributed by atoms with Gasteiger partial charge >= 0.3 is 0 Å². The highest BCUT2D eigenvalue weighted by Gasteiger charge is 2.07. The van der Waals surface area contributed by atoms with E-state index < -0.39 is 10.1 Å². The van der Waals surface area contributed by atoms with E-state index in [1.54, 1.807) is 11.1 Å². The van der Waals surface area contributed by atoms with Gasteiger partial charge in [0.2, 0.25) is 5.91 Å². The zero-order valence-corrected chi connectivity index (χ0v) is 11.4. The van der Waals surface area contributed by atoms with Crippen LogP contribution >= 0.6 is 0 Å². The van der Waals surface area contributed by atoms with Crippen molar-refractivity contribution in [2.75, 3.05) is 6.26 Å². The second-order valence-corrected chi connectivity index (χ2v) is 5.43. The number of amides is 1. The second kappa shape index (κ2) is 7.84. The molecule has 6 heteroatoms. The zero-order valence-electron chi connectivity index (χ0n) is 10.6. The molecule has 0 spiro atoms. The highest BCUT2D eigenvalue weighted by molar-refractivity contribution is 7.85. The molecule has 3 N–H and O–H groups in total. The summed E-state index contributed by atoms with van der Waals surface area (Å²) in [5.41, 5.74) is 7.61. The van der Waals surface area contributed by atoms with Crippen molar-refractivity contribution in [3.05, 3.63) is 35.4 Å². The van der Waals surface area contributed by atoms with Gasteiger partial charge in [0.25, 0.3) is 10.1 Å². The molecule has 1 aromatic carbocycles. The predicted molar refractivity (Wildman–Crippen MR) is 70.8 cm³/mol. The lowest BCUT2D eigenvalue weighted by Gasteiger charge is -1.93. The van der Waals surface area contributed by atoms with E-state index in [0.717, 1.165) is 0 Å². The average Bonchev–Trinajstić information content (AvgIpc) is 2.61. The largest absolute Gasteiger partial charge is 0.370 e. The quantitative estimate of drug-likeness (QED) is 0.693. The normalized spacial score (nSPS) is 12.4. The molecule has 0 saturated heterocycles. The van der Waals surface area contributed by atoms with Crippen molar-refractivity contribution in [1.29, 1.82) is 0 Å². The van der Waals surface area contributed by atoms with E-state index in [0.29, 0.717) is 6.26 Å². The number of carbonyl (C=O) groups is 1. The number of carbonyl (C=O) groups excluding carboxylic acids is 1. The molecule has 0 aliphatic heterocycles. The van der Waals surface area contributed by atoms with Crippen LogP contribution in [0.2, 0.25) is 0 Å². The Kier molecular flexibility index (Phi) is 7.23. The first kappa shape index (κ1) is 16.6. The van der Waals surface area contributed by atoms with Crippen molar-refractivity contribution in [1.82, 2.24) is 0 Å². The lowest BCUT2D eigenvalue weighted by Crippen LogP contribution is -2.01. The molecule has 0 saturated carbocycles. The van der Waals surface area contributed by atoms with Crippen LogP contribution in [-0.4, -0.2) is 25.1 Å². The number of aryl methyl sites for hydroxylation is 2. The highest BCUT2D eigenvalue weighted by atomic mass is 32.2. The number of hydrogen-bond acceptors (Lipinski definition) is 3. The standard InChI is InChI=1S/C9H10.C2H5NO.CH4O3S/c1-2-5-9-7-3-6-8(9)4-1;1-2(3)4;1-5(2,3)4/h1-2,4-5H,3,6-7H2;1H3,(H2,3,4);1H3,(H,2,3,4). The summed E-state index contributed by atoms with van der Waals surface area (Å²) >= 11 is 0. The molecule has 0 unspecified atom stereocenters. The molecule has 1 aliphatic rings. The van der Waals surface area contributed by atoms with Crippen molar-refractivity contribution in [2.24, 2.45) is 5.73 Å². The summed E-state index contributed by atoms with van der Waals surface area (Å²) in [6, 6.07) is 8.74. The monoisotopic (exact) mass is 273 g/mol. The van der Waals surface area contributed by atoms with Gasteiger partial charge in [0.1, 0.15) is 0 Å². The van der Waals surface area contributed by atoms with Crippen molar-refractivity contribution < 1.29 is 17.8 Å². The fraction of sp³-hybridized carbons (Fsp3) is 0.417. The first-order valence-electron chi connectivity index (χ1n) is 5.45. The summed E-state index contributed by atoms with van der Waals surface area (Å²) in [7, 11) is -3.67. The van der Waals surface area contributed by atoms with Gasteiger partial charge in [-0.25, -0.2) is 0 Å². The third-order valence-electron chi connectivity index (χ3n) is 2.01. The van der Waals surface area contributed by atoms with E-state index in [4.69, 9.17) is 4.55 Å². The molecular formula is C12H19NO4S. The van der Waals surface area contributed by atoms with Crippen LogP contribution in [0.4, 0.5) is 0 Å². The molecule has 18 heavy (non-hydrogen) atoms. The Balaban J connectivity index is 0.000000278. The van der Waals surface area contributed by atoms with Crippen LogP contribution in [-0.2, 0) is 27.8 Å². The first-order valence-corrected chi connectivity index (χ1v) is 7.30. The van der Waals surface area contributed by atoms with Crippen LogP contribution in [0.25, 0.3) is 0 Å². The molecule has 1 amide bonds. The maximum Gasteiger partial charge on any atom is 0.261 e. The Morgan fingerprint density at radius 3 is 1.78 bits per heavy atom. The Labute approximate surface area is 108 Å². The fourth-order valence-corrected chi connectivity index (χ4v) is 1.51. The average molecular weight is 273 g/mol. The highest BCUT2D eigenvalue weighted by Crippen LogP contribution is 2.20. The van der Waals surface area contributed by atoms with Crippen LogP contribution in [0.5, 0.6) is 0 Å². The van der Waals surface area contributed by atoms with Gasteiger partial charge in [-0.15, -0.1) is 0 Å². The van der Waals surface area contributed by atoms with Gasteiger partial charge < -0.3 is 5.73 Å². The van der Waals surface area contributed by atoms with Crippen molar-refractivity contribution in [3.8, 4) is 0 Å². The van der Waals surface area contributed by atoms with E-state index >= 15 is 0 Å². The van der Waals surface area contributed by atoms with Crippen molar-refractivity contribution >= 4 is 16.0 Å². The summed E-state index contributed by atoms with van der Waals surface area (Å²) in [4.78, 5) is 9.22. The minimum atomic E-state index is -3.67. The third-order valence-corrected chi connectivity index (χ3v) is 2.01. The minimum absolute atomic E-state index is 0.333. The number of nitrogens with two attached hydrogens (primary N) is 1. The molecule has 2 rings (SSSR count). The summed E-state index contributed by atoms with van der Waals surface area (Å²) < 4.78 is 25.9. The molecule has 0 heterocycles. The minimum Gasteiger partial charge on any atom is -0.370 e. The van der Waals surface area contributed by atoms with Gasteiger partial charge in [0.15, 0.2) is 0 Å². The van der Waals surface area contributed by atoms with Crippen LogP contribution in [0, 0.1) is 0 Å². The molecule has 102 valence electrons. The smallest absolute Gasteiger partial charge is 0.261 e. The van der Waals surface area contributed by atoms with Crippen LogP contribution in [0.15, 0.2) is 24.3 Å². The van der Waals surface area contributed by atoms with E-state index in [-0.39, 0.29) is 5.91 Å². The molecule has 0 fully saturated rings. The molecule has 0 atom stereocenters. The molecule has 5 nitrogen and oxygen atoms in total. The van der Waals surface area contributed by atoms with Gasteiger partial charge in [-0.2, -0.15) is 8.42 Å². The van der Waals surface area contributed by atoms with Gasteiger partial charge in [0, 0.05) is 6.92 Å². The zero-order chi connectivity index (χ0) is 14.2. The first-order chi connectivity index (χ1) is 8.20. The molecule has 1 aliphatic carbocycles. The maximum atomic E-state index is 9.22. The van der Waals surface area contributed by atoms with E-state index in [9.17, 15) is 13.2 Å². The number of rotatable bonds is 0. The Morgan fingerprint density at radius 2 is 1.50 bits per heavy atom. The number of hydrogen-bond donors (Lipinski definition) is 2. The lowest BCUT2D eigenvalue weighted by atomic mass is 10.1. The summed E-state index contributed by atoms with van der Waals surface area (Å²) in [5.74, 6) is -0.333. The Bertz CT molecular complexity index is 448. The van der Waals surface area contributed by atoms with Gasteiger partial charge in [-0.3, -0.25) is 9.35 Å². The molecule has 0 radical (unpaired) electrons. The van der Waals surface area contributed by atoms with E-state index in [1.165, 1.54) is 26.2 Å². The molecule has 1 aromatic rings. The number of benzene rings is 1. The van der Waals surface area contributed by atoms with Crippen LogP contribution in [0.1, 0.15) is 24.5 Å². The third kappa shape index (κ3) is 11.1. The van der Waals surface area contributed by atoms with Crippen LogP contribution in [0.3, 0.4) is 0 Å².